The first-order valence-electron chi connectivity index (χ1n) is 12.9. The number of thiophene rings is 1. The van der Waals surface area contributed by atoms with Gasteiger partial charge in [-0.25, -0.2) is 4.79 Å². The number of aromatic nitrogens is 1. The molecule has 0 saturated heterocycles. The third-order valence-electron chi connectivity index (χ3n) is 7.10. The van der Waals surface area contributed by atoms with Gasteiger partial charge in [-0.15, -0.1) is 11.3 Å². The van der Waals surface area contributed by atoms with E-state index in [1.54, 1.807) is 24.3 Å². The maximum atomic E-state index is 14.2. The molecule has 1 fully saturated rings. The summed E-state index contributed by atoms with van der Waals surface area (Å²) in [4.78, 5) is 46.0. The van der Waals surface area contributed by atoms with Gasteiger partial charge < -0.3 is 15.0 Å². The van der Waals surface area contributed by atoms with Crippen molar-refractivity contribution in [1.29, 1.82) is 0 Å². The predicted octanol–water partition coefficient (Wildman–Crippen LogP) is 5.78. The van der Waals surface area contributed by atoms with E-state index in [1.807, 2.05) is 48.0 Å². The number of carbonyl (C=O) groups is 3. The molecular formula is C30H31N3O4S. The van der Waals surface area contributed by atoms with Crippen LogP contribution in [0.15, 0.2) is 72.2 Å². The average Bonchev–Trinajstić information content (AvgIpc) is 3.62. The number of fused-ring (bicyclic) bond motifs is 1. The molecule has 38 heavy (non-hydrogen) atoms. The van der Waals surface area contributed by atoms with Crippen molar-refractivity contribution >= 4 is 45.7 Å². The number of H-pyrrole nitrogens is 1. The highest BCUT2D eigenvalue weighted by atomic mass is 32.1. The third-order valence-corrected chi connectivity index (χ3v) is 8.03. The molecule has 2 heterocycles. The topological polar surface area (TPSA) is 91.5 Å². The van der Waals surface area contributed by atoms with Crippen LogP contribution >= 0.6 is 11.3 Å². The number of nitrogens with one attached hydrogen (secondary N) is 2. The zero-order valence-electron chi connectivity index (χ0n) is 21.3. The van der Waals surface area contributed by atoms with Gasteiger partial charge in [0.2, 0.25) is 11.8 Å². The van der Waals surface area contributed by atoms with Gasteiger partial charge in [0.15, 0.2) is 0 Å². The molecule has 0 aliphatic heterocycles. The normalized spacial score (nSPS) is 14.7. The fourth-order valence-corrected chi connectivity index (χ4v) is 6.02. The monoisotopic (exact) mass is 529 g/mol. The molecule has 0 unspecified atom stereocenters. The number of anilines is 1. The van der Waals surface area contributed by atoms with Gasteiger partial charge in [0, 0.05) is 33.7 Å². The Balaban J connectivity index is 1.56. The molecule has 0 spiro atoms. The predicted molar refractivity (Wildman–Crippen MR) is 149 cm³/mol. The molecule has 1 aliphatic carbocycles. The second-order valence-electron chi connectivity index (χ2n) is 9.60. The molecule has 5 rings (SSSR count). The van der Waals surface area contributed by atoms with E-state index in [2.05, 4.69) is 10.3 Å². The summed E-state index contributed by atoms with van der Waals surface area (Å²) in [6.07, 6.45) is 7.14. The van der Waals surface area contributed by atoms with Crippen molar-refractivity contribution in [2.75, 3.05) is 12.0 Å². The van der Waals surface area contributed by atoms with Crippen LogP contribution in [0.2, 0.25) is 0 Å². The fraction of sp³-hybridized carbons (Fsp3) is 0.300. The molecular weight excluding hydrogens is 498 g/mol. The van der Waals surface area contributed by atoms with Crippen LogP contribution < -0.4 is 10.2 Å². The summed E-state index contributed by atoms with van der Waals surface area (Å²) in [5, 5.41) is 6.09. The lowest BCUT2D eigenvalue weighted by atomic mass is 9.95. The van der Waals surface area contributed by atoms with Crippen LogP contribution in [-0.4, -0.2) is 35.9 Å². The van der Waals surface area contributed by atoms with Gasteiger partial charge in [-0.3, -0.25) is 14.5 Å². The van der Waals surface area contributed by atoms with Crippen molar-refractivity contribution in [3.63, 3.8) is 0 Å². The van der Waals surface area contributed by atoms with Gasteiger partial charge in [-0.1, -0.05) is 49.6 Å². The minimum atomic E-state index is -0.873. The number of rotatable bonds is 8. The Labute approximate surface area is 225 Å². The summed E-state index contributed by atoms with van der Waals surface area (Å²) < 4.78 is 4.92. The molecule has 0 bridgehead atoms. The lowest BCUT2D eigenvalue weighted by Crippen LogP contribution is -2.47. The van der Waals surface area contributed by atoms with Crippen LogP contribution in [0.4, 0.5) is 5.69 Å². The number of benzene rings is 2. The summed E-state index contributed by atoms with van der Waals surface area (Å²) >= 11 is 1.43. The van der Waals surface area contributed by atoms with E-state index in [1.165, 1.54) is 29.8 Å². The van der Waals surface area contributed by atoms with Crippen LogP contribution in [0.3, 0.4) is 0 Å². The molecule has 2 aromatic heterocycles. The second-order valence-corrected chi connectivity index (χ2v) is 10.6. The molecule has 2 amide bonds. The Bertz CT molecular complexity index is 1420. The Kier molecular flexibility index (Phi) is 7.89. The number of para-hydroxylation sites is 1. The molecule has 0 radical (unpaired) electrons. The molecule has 2 N–H and O–H groups in total. The summed E-state index contributed by atoms with van der Waals surface area (Å²) in [6, 6.07) is 17.5. The summed E-state index contributed by atoms with van der Waals surface area (Å²) in [5.74, 6) is -0.959. The van der Waals surface area contributed by atoms with Crippen LogP contribution in [0, 0.1) is 0 Å². The Morgan fingerprint density at radius 2 is 1.87 bits per heavy atom. The number of esters is 1. The summed E-state index contributed by atoms with van der Waals surface area (Å²) in [6.45, 7) is 0. The van der Waals surface area contributed by atoms with E-state index in [9.17, 15) is 14.4 Å². The van der Waals surface area contributed by atoms with Gasteiger partial charge >= 0.3 is 5.97 Å². The first-order chi connectivity index (χ1) is 18.5. The van der Waals surface area contributed by atoms with Crippen LogP contribution in [0.5, 0.6) is 0 Å². The quantitative estimate of drug-likeness (QED) is 0.283. The number of carbonyl (C=O) groups excluding carboxylic acids is 3. The molecule has 196 valence electrons. The van der Waals surface area contributed by atoms with Gasteiger partial charge in [0.1, 0.15) is 6.04 Å². The van der Waals surface area contributed by atoms with Crippen LogP contribution in [0.1, 0.15) is 58.9 Å². The first-order valence-corrected chi connectivity index (χ1v) is 13.8. The smallest absolute Gasteiger partial charge is 0.337 e. The van der Waals surface area contributed by atoms with E-state index >= 15 is 0 Å². The average molecular weight is 530 g/mol. The number of aromatic amines is 1. The van der Waals surface area contributed by atoms with Gasteiger partial charge in [0.25, 0.3) is 0 Å². The zero-order chi connectivity index (χ0) is 26.5. The van der Waals surface area contributed by atoms with Crippen molar-refractivity contribution in [2.45, 2.75) is 50.6 Å². The standard InChI is InChI=1S/C30H31N3O4S/c1-37-30(36)20-9-7-12-23(17-20)33(27(34)18-21-19-31-25-14-6-5-13-24(21)25)28(26-15-8-16-38-26)29(35)32-22-10-3-2-4-11-22/h5-9,12-17,19,22,28,31H,2-4,10-11,18H2,1H3,(H,32,35)/t28-/m1/s1. The zero-order valence-corrected chi connectivity index (χ0v) is 22.1. The van der Waals surface area contributed by atoms with E-state index in [4.69, 9.17) is 4.74 Å². The molecule has 1 saturated carbocycles. The number of hydrogen-bond donors (Lipinski definition) is 2. The van der Waals surface area contributed by atoms with Crippen molar-refractivity contribution in [2.24, 2.45) is 0 Å². The van der Waals surface area contributed by atoms with E-state index in [0.29, 0.717) is 11.3 Å². The van der Waals surface area contributed by atoms with E-state index in [-0.39, 0.29) is 24.3 Å². The number of hydrogen-bond acceptors (Lipinski definition) is 5. The van der Waals surface area contributed by atoms with Gasteiger partial charge in [0.05, 0.1) is 19.1 Å². The van der Waals surface area contributed by atoms with Crippen LogP contribution in [-0.2, 0) is 20.7 Å². The number of ether oxygens (including phenoxy) is 1. The molecule has 7 nitrogen and oxygen atoms in total. The van der Waals surface area contributed by atoms with Crippen molar-refractivity contribution in [3.8, 4) is 0 Å². The minimum absolute atomic E-state index is 0.0883. The third kappa shape index (κ3) is 5.50. The Morgan fingerprint density at radius 3 is 2.63 bits per heavy atom. The van der Waals surface area contributed by atoms with E-state index in [0.717, 1.165) is 47.0 Å². The Hall–Kier alpha value is -3.91. The lowest BCUT2D eigenvalue weighted by Gasteiger charge is -2.33. The van der Waals surface area contributed by atoms with Crippen molar-refractivity contribution in [1.82, 2.24) is 10.3 Å². The van der Waals surface area contributed by atoms with Gasteiger partial charge in [-0.2, -0.15) is 0 Å². The Morgan fingerprint density at radius 1 is 1.05 bits per heavy atom. The first kappa shape index (κ1) is 25.7. The highest BCUT2D eigenvalue weighted by Gasteiger charge is 2.35. The molecule has 2 aromatic carbocycles. The second kappa shape index (κ2) is 11.6. The number of amides is 2. The lowest BCUT2D eigenvalue weighted by molar-refractivity contribution is -0.127. The molecule has 4 aromatic rings. The van der Waals surface area contributed by atoms with E-state index < -0.39 is 12.0 Å². The number of nitrogens with zero attached hydrogens (tertiary/aromatic N) is 1. The largest absolute Gasteiger partial charge is 0.465 e. The highest BCUT2D eigenvalue weighted by molar-refractivity contribution is 7.10. The van der Waals surface area contributed by atoms with Crippen molar-refractivity contribution in [3.05, 3.63) is 88.2 Å². The molecule has 1 atom stereocenters. The maximum Gasteiger partial charge on any atom is 0.337 e. The van der Waals surface area contributed by atoms with Gasteiger partial charge in [-0.05, 0) is 54.1 Å². The number of methoxy groups -OCH3 is 1. The van der Waals surface area contributed by atoms with Crippen molar-refractivity contribution < 1.29 is 19.1 Å². The fourth-order valence-electron chi connectivity index (χ4n) is 5.21. The summed E-state index contributed by atoms with van der Waals surface area (Å²) in [5.41, 5.74) is 2.57. The summed E-state index contributed by atoms with van der Waals surface area (Å²) in [7, 11) is 1.32. The maximum absolute atomic E-state index is 14.2. The SMILES string of the molecule is COC(=O)c1cccc(N(C(=O)Cc2c[nH]c3ccccc23)[C@@H](C(=O)NC2CCCCC2)c2cccs2)c1. The molecule has 1 aliphatic rings. The van der Waals surface area contributed by atoms with Crippen LogP contribution in [0.25, 0.3) is 10.9 Å². The molecule has 8 heteroatoms. The highest BCUT2D eigenvalue weighted by Crippen LogP contribution is 2.33. The minimum Gasteiger partial charge on any atom is -0.465 e.